The minimum atomic E-state index is -3.62. The highest BCUT2D eigenvalue weighted by Crippen LogP contribution is 2.32. The lowest BCUT2D eigenvalue weighted by atomic mass is 9.99. The number of rotatable bonds is 4. The minimum absolute atomic E-state index is 0.0310. The van der Waals surface area contributed by atoms with Crippen LogP contribution in [0.3, 0.4) is 0 Å². The van der Waals surface area contributed by atoms with Gasteiger partial charge in [0.05, 0.1) is 15.6 Å². The Hall–Kier alpha value is -2.39. The largest absolute Gasteiger partial charge is 0.395 e. The van der Waals surface area contributed by atoms with Gasteiger partial charge in [0.15, 0.2) is 9.84 Å². The van der Waals surface area contributed by atoms with Crippen LogP contribution < -0.4 is 5.56 Å². The van der Waals surface area contributed by atoms with Gasteiger partial charge in [-0.15, -0.1) is 0 Å². The Kier molecular flexibility index (Phi) is 4.53. The number of halogens is 1. The van der Waals surface area contributed by atoms with Gasteiger partial charge < -0.3 is 4.84 Å². The van der Waals surface area contributed by atoms with Crippen molar-refractivity contribution in [2.75, 3.05) is 12.9 Å². The van der Waals surface area contributed by atoms with Gasteiger partial charge in [-0.05, 0) is 19.1 Å². The fraction of sp³-hybridized carbons (Fsp3) is 0.312. The van der Waals surface area contributed by atoms with Gasteiger partial charge in [0.2, 0.25) is 5.78 Å². The van der Waals surface area contributed by atoms with Gasteiger partial charge in [-0.1, -0.05) is 16.8 Å². The number of oxime groups is 1. The van der Waals surface area contributed by atoms with Gasteiger partial charge in [0.25, 0.3) is 5.56 Å². The van der Waals surface area contributed by atoms with E-state index in [-0.39, 0.29) is 26.6 Å². The van der Waals surface area contributed by atoms with Crippen LogP contribution in [0.15, 0.2) is 27.0 Å². The lowest BCUT2D eigenvalue weighted by molar-refractivity contribution is 0.103. The molecule has 8 nitrogen and oxygen atoms in total. The van der Waals surface area contributed by atoms with Crippen LogP contribution in [0.5, 0.6) is 0 Å². The highest BCUT2D eigenvalue weighted by atomic mass is 35.5. The summed E-state index contributed by atoms with van der Waals surface area (Å²) in [6.07, 6.45) is 1.41. The lowest BCUT2D eigenvalue weighted by Crippen LogP contribution is -2.20. The summed E-state index contributed by atoms with van der Waals surface area (Å²) in [4.78, 5) is 30.0. The average Bonchev–Trinajstić information content (AvgIpc) is 3.14. The first kappa shape index (κ1) is 18.4. The van der Waals surface area contributed by atoms with Crippen molar-refractivity contribution < 1.29 is 18.0 Å². The monoisotopic (exact) mass is 397 g/mol. The molecule has 2 heterocycles. The summed E-state index contributed by atoms with van der Waals surface area (Å²) >= 11 is 6.42. The topological polar surface area (TPSA) is 111 Å². The van der Waals surface area contributed by atoms with Crippen molar-refractivity contribution in [2.45, 2.75) is 18.2 Å². The number of aromatic amines is 1. The van der Waals surface area contributed by atoms with Crippen molar-refractivity contribution in [1.29, 1.82) is 0 Å². The third kappa shape index (κ3) is 2.97. The number of aryl methyl sites for hydroxylation is 2. The van der Waals surface area contributed by atoms with E-state index in [4.69, 9.17) is 16.4 Å². The highest BCUT2D eigenvalue weighted by Gasteiger charge is 2.29. The van der Waals surface area contributed by atoms with Crippen molar-refractivity contribution in [3.63, 3.8) is 0 Å². The molecule has 2 aromatic rings. The molecule has 1 aromatic carbocycles. The van der Waals surface area contributed by atoms with Gasteiger partial charge >= 0.3 is 0 Å². The predicted molar refractivity (Wildman–Crippen MR) is 95.9 cm³/mol. The second kappa shape index (κ2) is 6.40. The van der Waals surface area contributed by atoms with Crippen molar-refractivity contribution >= 4 is 32.9 Å². The second-order valence-electron chi connectivity index (χ2n) is 6.00. The number of nitrogens with one attached hydrogen (secondary N) is 1. The smallest absolute Gasteiger partial charge is 0.277 e. The van der Waals surface area contributed by atoms with E-state index in [1.54, 1.807) is 6.92 Å². The molecule has 0 aliphatic carbocycles. The average molecular weight is 398 g/mol. The first-order valence-electron chi connectivity index (χ1n) is 7.65. The van der Waals surface area contributed by atoms with E-state index in [1.807, 2.05) is 0 Å². The molecule has 0 saturated carbocycles. The number of H-pyrrole nitrogens is 1. The van der Waals surface area contributed by atoms with E-state index in [0.717, 1.165) is 6.26 Å². The third-order valence-corrected chi connectivity index (χ3v) is 5.63. The molecule has 0 fully saturated rings. The molecule has 1 N–H and O–H groups in total. The van der Waals surface area contributed by atoms with E-state index < -0.39 is 21.2 Å². The molecule has 0 spiro atoms. The second-order valence-corrected chi connectivity index (χ2v) is 8.36. The van der Waals surface area contributed by atoms with Crippen LogP contribution >= 0.6 is 11.6 Å². The van der Waals surface area contributed by atoms with Gasteiger partial charge in [-0.25, -0.2) is 8.42 Å². The summed E-state index contributed by atoms with van der Waals surface area (Å²) in [7, 11) is -2.12. The van der Waals surface area contributed by atoms with Gasteiger partial charge in [-0.3, -0.25) is 19.4 Å². The van der Waals surface area contributed by atoms with Crippen LogP contribution in [-0.4, -0.2) is 42.6 Å². The maximum absolute atomic E-state index is 12.9. The van der Waals surface area contributed by atoms with E-state index in [0.29, 0.717) is 24.4 Å². The van der Waals surface area contributed by atoms with Gasteiger partial charge in [-0.2, -0.15) is 0 Å². The quantitative estimate of drug-likeness (QED) is 0.784. The van der Waals surface area contributed by atoms with Crippen LogP contribution in [0.1, 0.15) is 33.6 Å². The summed E-state index contributed by atoms with van der Waals surface area (Å²) in [6, 6.07) is 2.61. The Morgan fingerprint density at radius 1 is 1.38 bits per heavy atom. The van der Waals surface area contributed by atoms with Crippen LogP contribution in [-0.2, 0) is 21.7 Å². The van der Waals surface area contributed by atoms with Crippen LogP contribution in [0.4, 0.5) is 0 Å². The molecule has 1 aromatic heterocycles. The first-order valence-corrected chi connectivity index (χ1v) is 9.92. The Bertz CT molecular complexity index is 1110. The van der Waals surface area contributed by atoms with Crippen molar-refractivity contribution in [1.82, 2.24) is 9.78 Å². The van der Waals surface area contributed by atoms with E-state index >= 15 is 0 Å². The number of nitrogens with zero attached hydrogens (tertiary/aromatic N) is 2. The third-order valence-electron chi connectivity index (χ3n) is 4.10. The van der Waals surface area contributed by atoms with Crippen molar-refractivity contribution in [3.8, 4) is 0 Å². The molecule has 0 bridgehead atoms. The number of hydrogen-bond donors (Lipinski definition) is 1. The van der Waals surface area contributed by atoms with Crippen LogP contribution in [0, 0.1) is 6.92 Å². The zero-order valence-corrected chi connectivity index (χ0v) is 15.9. The van der Waals surface area contributed by atoms with Crippen LogP contribution in [0.2, 0.25) is 5.02 Å². The normalized spacial score (nSPS) is 14.2. The van der Waals surface area contributed by atoms with Crippen LogP contribution in [0.25, 0.3) is 0 Å². The summed E-state index contributed by atoms with van der Waals surface area (Å²) in [5.74, 6) is -0.588. The Balaban J connectivity index is 2.26. The standard InChI is InChI=1S/C16H16ClN3O5S/c1-8-12(16(22)20(2)18-8)15(21)9-4-5-11(26(3,23)24)13(14(9)17)10-6-7-25-19-10/h4-5,18H,6-7H2,1-3H3. The number of sulfone groups is 1. The molecule has 0 amide bonds. The molecular formula is C16H16ClN3O5S. The zero-order valence-electron chi connectivity index (χ0n) is 14.3. The lowest BCUT2D eigenvalue weighted by Gasteiger charge is -2.12. The Morgan fingerprint density at radius 2 is 2.08 bits per heavy atom. The van der Waals surface area contributed by atoms with Crippen molar-refractivity contribution in [2.24, 2.45) is 12.2 Å². The molecular weight excluding hydrogens is 382 g/mol. The summed E-state index contributed by atoms with van der Waals surface area (Å²) in [6.45, 7) is 1.90. The highest BCUT2D eigenvalue weighted by molar-refractivity contribution is 7.90. The Morgan fingerprint density at radius 3 is 2.58 bits per heavy atom. The van der Waals surface area contributed by atoms with E-state index in [1.165, 1.54) is 23.9 Å². The fourth-order valence-electron chi connectivity index (χ4n) is 2.88. The number of carbonyl (C=O) groups is 1. The molecule has 3 rings (SSSR count). The molecule has 10 heteroatoms. The number of benzene rings is 1. The molecule has 138 valence electrons. The van der Waals surface area contributed by atoms with Gasteiger partial charge in [0.1, 0.15) is 12.2 Å². The molecule has 26 heavy (non-hydrogen) atoms. The molecule has 0 saturated heterocycles. The van der Waals surface area contributed by atoms with E-state index in [2.05, 4.69) is 10.3 Å². The number of hydrogen-bond acceptors (Lipinski definition) is 6. The maximum Gasteiger partial charge on any atom is 0.277 e. The Labute approximate surface area is 154 Å². The molecule has 1 aliphatic rings. The van der Waals surface area contributed by atoms with Gasteiger partial charge in [0, 0.05) is 36.5 Å². The zero-order chi connectivity index (χ0) is 19.2. The SMILES string of the molecule is Cc1[nH]n(C)c(=O)c1C(=O)c1ccc(S(C)(=O)=O)c(C2=NOCC2)c1Cl. The predicted octanol–water partition coefficient (Wildman–Crippen LogP) is 1.43. The number of carbonyl (C=O) groups excluding carboxylic acids is 1. The van der Waals surface area contributed by atoms with Crippen molar-refractivity contribution in [3.05, 3.63) is 49.9 Å². The molecule has 1 aliphatic heterocycles. The maximum atomic E-state index is 12.9. The molecule has 0 unspecified atom stereocenters. The summed E-state index contributed by atoms with van der Waals surface area (Å²) in [5, 5.41) is 6.52. The number of aromatic nitrogens is 2. The number of ketones is 1. The fourth-order valence-corrected chi connectivity index (χ4v) is 4.20. The summed E-state index contributed by atoms with van der Waals surface area (Å²) in [5.41, 5.74) is 0.388. The molecule has 0 radical (unpaired) electrons. The first-order chi connectivity index (χ1) is 12.1. The minimum Gasteiger partial charge on any atom is -0.395 e. The van der Waals surface area contributed by atoms with E-state index in [9.17, 15) is 18.0 Å². The summed E-state index contributed by atoms with van der Waals surface area (Å²) < 4.78 is 25.4. The molecule has 0 atom stereocenters.